The molecule has 128 valence electrons. The number of rotatable bonds is 4. The molecule has 0 aliphatic carbocycles. The predicted octanol–water partition coefficient (Wildman–Crippen LogP) is 4.78. The third-order valence-corrected chi connectivity index (χ3v) is 4.94. The molecule has 2 aromatic carbocycles. The molecule has 0 saturated heterocycles. The molecule has 2 N–H and O–H groups in total. The van der Waals surface area contributed by atoms with Gasteiger partial charge in [0.2, 0.25) is 0 Å². The van der Waals surface area contributed by atoms with E-state index in [0.717, 1.165) is 21.0 Å². The number of hydrogen-bond acceptors (Lipinski definition) is 4. The van der Waals surface area contributed by atoms with E-state index in [9.17, 15) is 4.79 Å². The Balaban J connectivity index is 1.59. The van der Waals surface area contributed by atoms with Gasteiger partial charge in [-0.25, -0.2) is 14.8 Å². The second kappa shape index (κ2) is 6.65. The average Bonchev–Trinajstić information content (AvgIpc) is 3.07. The second-order valence-corrected chi connectivity index (χ2v) is 7.02. The first-order valence-corrected chi connectivity index (χ1v) is 8.84. The number of carboxylic acid groups (broad SMARTS) is 1. The summed E-state index contributed by atoms with van der Waals surface area (Å²) < 4.78 is 0. The van der Waals surface area contributed by atoms with Crippen molar-refractivity contribution >= 4 is 28.8 Å². The molecule has 0 fully saturated rings. The van der Waals surface area contributed by atoms with Gasteiger partial charge in [-0.3, -0.25) is 0 Å². The SMILES string of the molecule is Cc1ccc(Sc2ccc(-c3nc4ccc(C(=O)O)cc4[nH]3)cn2)cc1. The molecule has 0 amide bonds. The number of pyridine rings is 1. The predicted molar refractivity (Wildman–Crippen MR) is 102 cm³/mol. The monoisotopic (exact) mass is 361 g/mol. The zero-order valence-electron chi connectivity index (χ0n) is 13.9. The van der Waals surface area contributed by atoms with E-state index < -0.39 is 5.97 Å². The minimum Gasteiger partial charge on any atom is -0.478 e. The molecule has 0 unspecified atom stereocenters. The van der Waals surface area contributed by atoms with E-state index in [1.807, 2.05) is 12.1 Å². The molecule has 0 spiro atoms. The summed E-state index contributed by atoms with van der Waals surface area (Å²) in [6.45, 7) is 2.06. The Morgan fingerprint density at radius 2 is 1.88 bits per heavy atom. The molecular formula is C20H15N3O2S. The maximum Gasteiger partial charge on any atom is 0.335 e. The number of hydrogen-bond donors (Lipinski definition) is 2. The van der Waals surface area contributed by atoms with E-state index in [1.54, 1.807) is 36.2 Å². The third kappa shape index (κ3) is 3.32. The highest BCUT2D eigenvalue weighted by atomic mass is 32.2. The quantitative estimate of drug-likeness (QED) is 0.547. The van der Waals surface area contributed by atoms with Crippen molar-refractivity contribution in [1.29, 1.82) is 0 Å². The fraction of sp³-hybridized carbons (Fsp3) is 0.0500. The number of aryl methyl sites for hydroxylation is 1. The summed E-state index contributed by atoms with van der Waals surface area (Å²) in [6.07, 6.45) is 1.77. The van der Waals surface area contributed by atoms with Gasteiger partial charge in [-0.1, -0.05) is 29.5 Å². The summed E-state index contributed by atoms with van der Waals surface area (Å²) in [6, 6.07) is 17.1. The molecule has 0 atom stereocenters. The van der Waals surface area contributed by atoms with Crippen molar-refractivity contribution in [2.75, 3.05) is 0 Å². The number of aromatic amines is 1. The first-order chi connectivity index (χ1) is 12.6. The van der Waals surface area contributed by atoms with E-state index in [-0.39, 0.29) is 5.56 Å². The van der Waals surface area contributed by atoms with Crippen LogP contribution < -0.4 is 0 Å². The first kappa shape index (κ1) is 16.4. The van der Waals surface area contributed by atoms with E-state index >= 15 is 0 Å². The van der Waals surface area contributed by atoms with Crippen LogP contribution in [0.25, 0.3) is 22.4 Å². The van der Waals surface area contributed by atoms with Gasteiger partial charge in [0.05, 0.1) is 16.6 Å². The van der Waals surface area contributed by atoms with Crippen LogP contribution in [-0.4, -0.2) is 26.0 Å². The molecule has 6 heteroatoms. The van der Waals surface area contributed by atoms with Gasteiger partial charge >= 0.3 is 5.97 Å². The van der Waals surface area contributed by atoms with Crippen LogP contribution in [0.1, 0.15) is 15.9 Å². The Hall–Kier alpha value is -3.12. The molecule has 4 rings (SSSR count). The van der Waals surface area contributed by atoms with Gasteiger partial charge < -0.3 is 10.1 Å². The average molecular weight is 361 g/mol. The lowest BCUT2D eigenvalue weighted by Gasteiger charge is -2.02. The van der Waals surface area contributed by atoms with Crippen LogP contribution in [0.4, 0.5) is 0 Å². The summed E-state index contributed by atoms with van der Waals surface area (Å²) in [5.41, 5.74) is 3.73. The van der Waals surface area contributed by atoms with Gasteiger partial charge in [0, 0.05) is 16.7 Å². The molecule has 2 aromatic heterocycles. The van der Waals surface area contributed by atoms with Crippen LogP contribution in [0.3, 0.4) is 0 Å². The van der Waals surface area contributed by atoms with Gasteiger partial charge in [-0.15, -0.1) is 0 Å². The normalized spacial score (nSPS) is 11.0. The lowest BCUT2D eigenvalue weighted by atomic mass is 10.2. The fourth-order valence-corrected chi connectivity index (χ4v) is 3.34. The van der Waals surface area contributed by atoms with Crippen molar-refractivity contribution in [3.8, 4) is 11.4 Å². The molecule has 5 nitrogen and oxygen atoms in total. The molecule has 0 radical (unpaired) electrons. The standard InChI is InChI=1S/C20H15N3O2S/c1-12-2-6-15(7-3-12)26-18-9-5-14(11-21-18)19-22-16-8-4-13(20(24)25)10-17(16)23-19/h2-11H,1H3,(H,22,23)(H,24,25). The van der Waals surface area contributed by atoms with E-state index in [4.69, 9.17) is 5.11 Å². The van der Waals surface area contributed by atoms with Crippen molar-refractivity contribution < 1.29 is 9.90 Å². The zero-order valence-corrected chi connectivity index (χ0v) is 14.7. The van der Waals surface area contributed by atoms with Gasteiger partial charge in [0.15, 0.2) is 0 Å². The Labute approximate surface area is 154 Å². The summed E-state index contributed by atoms with van der Waals surface area (Å²) >= 11 is 1.60. The van der Waals surface area contributed by atoms with E-state index in [0.29, 0.717) is 11.3 Å². The van der Waals surface area contributed by atoms with Crippen LogP contribution in [0, 0.1) is 6.92 Å². The van der Waals surface area contributed by atoms with Crippen molar-refractivity contribution in [3.05, 3.63) is 71.9 Å². The van der Waals surface area contributed by atoms with E-state index in [2.05, 4.69) is 46.1 Å². The van der Waals surface area contributed by atoms with E-state index in [1.165, 1.54) is 5.56 Å². The minimum absolute atomic E-state index is 0.232. The number of carbonyl (C=O) groups is 1. The smallest absolute Gasteiger partial charge is 0.335 e. The number of nitrogens with one attached hydrogen (secondary N) is 1. The van der Waals surface area contributed by atoms with Crippen molar-refractivity contribution in [3.63, 3.8) is 0 Å². The number of aromatic carboxylic acids is 1. The van der Waals surface area contributed by atoms with Gasteiger partial charge in [0.1, 0.15) is 10.9 Å². The topological polar surface area (TPSA) is 78.9 Å². The van der Waals surface area contributed by atoms with Crippen molar-refractivity contribution in [1.82, 2.24) is 15.0 Å². The molecule has 26 heavy (non-hydrogen) atoms. The van der Waals surface area contributed by atoms with Crippen LogP contribution in [0.15, 0.2) is 70.7 Å². The Kier molecular flexibility index (Phi) is 4.18. The maximum atomic E-state index is 11.1. The van der Waals surface area contributed by atoms with Gasteiger partial charge in [-0.2, -0.15) is 0 Å². The van der Waals surface area contributed by atoms with Crippen LogP contribution in [-0.2, 0) is 0 Å². The van der Waals surface area contributed by atoms with Gasteiger partial charge in [0.25, 0.3) is 0 Å². The van der Waals surface area contributed by atoms with Crippen molar-refractivity contribution in [2.24, 2.45) is 0 Å². The number of fused-ring (bicyclic) bond motifs is 1. The molecule has 0 saturated carbocycles. The van der Waals surface area contributed by atoms with Crippen LogP contribution in [0.5, 0.6) is 0 Å². The number of H-pyrrole nitrogens is 1. The Morgan fingerprint density at radius 3 is 2.58 bits per heavy atom. The Bertz CT molecular complexity index is 1090. The number of nitrogens with zero attached hydrogens (tertiary/aromatic N) is 2. The maximum absolute atomic E-state index is 11.1. The minimum atomic E-state index is -0.956. The molecule has 2 heterocycles. The first-order valence-electron chi connectivity index (χ1n) is 8.02. The fourth-order valence-electron chi connectivity index (χ4n) is 2.59. The van der Waals surface area contributed by atoms with Crippen LogP contribution in [0.2, 0.25) is 0 Å². The molecule has 0 bridgehead atoms. The second-order valence-electron chi connectivity index (χ2n) is 5.92. The lowest BCUT2D eigenvalue weighted by molar-refractivity contribution is 0.0697. The summed E-state index contributed by atoms with van der Waals surface area (Å²) in [5.74, 6) is -0.288. The molecule has 0 aliphatic rings. The Morgan fingerprint density at radius 1 is 1.08 bits per heavy atom. The molecule has 0 aliphatic heterocycles. The summed E-state index contributed by atoms with van der Waals surface area (Å²) in [5, 5.41) is 9.99. The van der Waals surface area contributed by atoms with Crippen molar-refractivity contribution in [2.45, 2.75) is 16.8 Å². The zero-order chi connectivity index (χ0) is 18.1. The van der Waals surface area contributed by atoms with Crippen LogP contribution >= 0.6 is 11.8 Å². The number of imidazole rings is 1. The summed E-state index contributed by atoms with van der Waals surface area (Å²) in [7, 11) is 0. The number of benzene rings is 2. The highest BCUT2D eigenvalue weighted by Gasteiger charge is 2.09. The highest BCUT2D eigenvalue weighted by molar-refractivity contribution is 7.99. The molecule has 4 aromatic rings. The van der Waals surface area contributed by atoms with Gasteiger partial charge in [-0.05, 0) is 49.4 Å². The number of aromatic nitrogens is 3. The summed E-state index contributed by atoms with van der Waals surface area (Å²) in [4.78, 5) is 24.4. The number of carboxylic acids is 1. The molecular weight excluding hydrogens is 346 g/mol. The lowest BCUT2D eigenvalue weighted by Crippen LogP contribution is -1.94. The third-order valence-electron chi connectivity index (χ3n) is 3.98. The highest BCUT2D eigenvalue weighted by Crippen LogP contribution is 2.28. The largest absolute Gasteiger partial charge is 0.478 e.